The van der Waals surface area contributed by atoms with Crippen molar-refractivity contribution in [2.45, 2.75) is 11.4 Å². The van der Waals surface area contributed by atoms with Crippen molar-refractivity contribution in [2.75, 3.05) is 12.8 Å². The topological polar surface area (TPSA) is 89.2 Å². The van der Waals surface area contributed by atoms with Gasteiger partial charge in [-0.05, 0) is 33.6 Å². The second kappa shape index (κ2) is 5.86. The van der Waals surface area contributed by atoms with Crippen LogP contribution in [0.5, 0.6) is 0 Å². The average molecular weight is 357 g/mol. The highest BCUT2D eigenvalue weighted by molar-refractivity contribution is 9.10. The summed E-state index contributed by atoms with van der Waals surface area (Å²) in [5.41, 5.74) is 6.45. The first kappa shape index (κ1) is 14.9. The van der Waals surface area contributed by atoms with Crippen molar-refractivity contribution in [3.05, 3.63) is 46.8 Å². The molecule has 0 saturated heterocycles. The standard InChI is InChI=1S/C12H13BrN4O2S/c1-17(8-9-3-2-4-15-6-9)20(18,19)11-5-10(13)7-16-12(11)14/h2-7H,8H2,1H3,(H2,14,16). The van der Waals surface area contributed by atoms with Gasteiger partial charge in [-0.1, -0.05) is 6.07 Å². The molecule has 0 aliphatic rings. The minimum absolute atomic E-state index is 0.0155. The summed E-state index contributed by atoms with van der Waals surface area (Å²) in [6.07, 6.45) is 4.71. The zero-order valence-electron chi connectivity index (χ0n) is 10.7. The molecule has 0 amide bonds. The Labute approximate surface area is 125 Å². The van der Waals surface area contributed by atoms with E-state index in [4.69, 9.17) is 5.73 Å². The molecule has 0 saturated carbocycles. The van der Waals surface area contributed by atoms with Gasteiger partial charge in [-0.2, -0.15) is 4.31 Å². The fraction of sp³-hybridized carbons (Fsp3) is 0.167. The Kier molecular flexibility index (Phi) is 4.36. The summed E-state index contributed by atoms with van der Waals surface area (Å²) in [7, 11) is -2.21. The van der Waals surface area contributed by atoms with Crippen molar-refractivity contribution in [3.8, 4) is 0 Å². The number of aromatic nitrogens is 2. The maximum Gasteiger partial charge on any atom is 0.246 e. The van der Waals surface area contributed by atoms with E-state index in [1.54, 1.807) is 18.5 Å². The predicted octanol–water partition coefficient (Wildman–Crippen LogP) is 1.64. The van der Waals surface area contributed by atoms with Crippen molar-refractivity contribution in [2.24, 2.45) is 0 Å². The van der Waals surface area contributed by atoms with Crippen LogP contribution in [0.1, 0.15) is 5.56 Å². The van der Waals surface area contributed by atoms with Crippen molar-refractivity contribution in [3.63, 3.8) is 0 Å². The lowest BCUT2D eigenvalue weighted by atomic mass is 10.3. The Balaban J connectivity index is 2.32. The lowest BCUT2D eigenvalue weighted by Gasteiger charge is -2.18. The average Bonchev–Trinajstić information content (AvgIpc) is 2.42. The molecule has 0 radical (unpaired) electrons. The molecule has 0 fully saturated rings. The predicted molar refractivity (Wildman–Crippen MR) is 79.2 cm³/mol. The van der Waals surface area contributed by atoms with Crippen LogP contribution in [0.2, 0.25) is 0 Å². The van der Waals surface area contributed by atoms with Crippen LogP contribution < -0.4 is 5.73 Å². The number of halogens is 1. The number of nitrogens with two attached hydrogens (primary N) is 1. The van der Waals surface area contributed by atoms with Crippen LogP contribution in [-0.4, -0.2) is 29.7 Å². The highest BCUT2D eigenvalue weighted by Crippen LogP contribution is 2.24. The first-order valence-electron chi connectivity index (χ1n) is 5.67. The summed E-state index contributed by atoms with van der Waals surface area (Å²) in [5, 5.41) is 0. The molecular formula is C12H13BrN4O2S. The van der Waals surface area contributed by atoms with Gasteiger partial charge in [0.15, 0.2) is 0 Å². The van der Waals surface area contributed by atoms with Crippen LogP contribution in [0.4, 0.5) is 5.82 Å². The molecule has 2 heterocycles. The molecule has 0 spiro atoms. The zero-order chi connectivity index (χ0) is 14.8. The fourth-order valence-corrected chi connectivity index (χ4v) is 3.37. The third-order valence-corrected chi connectivity index (χ3v) is 4.93. The number of hydrogen-bond acceptors (Lipinski definition) is 5. The third-order valence-electron chi connectivity index (χ3n) is 2.66. The van der Waals surface area contributed by atoms with Gasteiger partial charge in [0.25, 0.3) is 0 Å². The molecule has 8 heteroatoms. The fourth-order valence-electron chi connectivity index (χ4n) is 1.64. The molecule has 2 N–H and O–H groups in total. The molecular weight excluding hydrogens is 344 g/mol. The van der Waals surface area contributed by atoms with Gasteiger partial charge >= 0.3 is 0 Å². The van der Waals surface area contributed by atoms with E-state index in [1.807, 2.05) is 6.07 Å². The van der Waals surface area contributed by atoms with Crippen LogP contribution in [0, 0.1) is 0 Å². The number of rotatable bonds is 4. The van der Waals surface area contributed by atoms with E-state index < -0.39 is 10.0 Å². The monoisotopic (exact) mass is 356 g/mol. The lowest BCUT2D eigenvalue weighted by molar-refractivity contribution is 0.466. The Hall–Kier alpha value is -1.51. The summed E-state index contributed by atoms with van der Waals surface area (Å²) < 4.78 is 26.7. The molecule has 0 unspecified atom stereocenters. The smallest absolute Gasteiger partial charge is 0.246 e. The van der Waals surface area contributed by atoms with E-state index in [-0.39, 0.29) is 17.3 Å². The zero-order valence-corrected chi connectivity index (χ0v) is 13.1. The van der Waals surface area contributed by atoms with Crippen LogP contribution >= 0.6 is 15.9 Å². The van der Waals surface area contributed by atoms with Gasteiger partial charge < -0.3 is 5.73 Å². The quantitative estimate of drug-likeness (QED) is 0.899. The molecule has 2 aromatic heterocycles. The summed E-state index contributed by atoms with van der Waals surface area (Å²) >= 11 is 3.19. The van der Waals surface area contributed by atoms with Crippen LogP contribution in [-0.2, 0) is 16.6 Å². The van der Waals surface area contributed by atoms with E-state index in [1.165, 1.54) is 23.6 Å². The van der Waals surface area contributed by atoms with Gasteiger partial charge in [-0.15, -0.1) is 0 Å². The molecule has 2 rings (SSSR count). The van der Waals surface area contributed by atoms with Gasteiger partial charge in [-0.3, -0.25) is 4.98 Å². The van der Waals surface area contributed by atoms with E-state index in [9.17, 15) is 8.42 Å². The number of pyridine rings is 2. The summed E-state index contributed by atoms with van der Waals surface area (Å²) in [6.45, 7) is 0.210. The summed E-state index contributed by atoms with van der Waals surface area (Å²) in [5.74, 6) is -0.0220. The first-order chi connectivity index (χ1) is 9.41. The van der Waals surface area contributed by atoms with Crippen molar-refractivity contribution in [1.82, 2.24) is 14.3 Å². The maximum atomic E-state index is 12.5. The lowest BCUT2D eigenvalue weighted by Crippen LogP contribution is -2.27. The van der Waals surface area contributed by atoms with Crippen molar-refractivity contribution >= 4 is 31.8 Å². The molecule has 0 atom stereocenters. The Bertz CT molecular complexity index is 707. The second-order valence-electron chi connectivity index (χ2n) is 4.16. The molecule has 0 aromatic carbocycles. The van der Waals surface area contributed by atoms with Gasteiger partial charge in [-0.25, -0.2) is 13.4 Å². The minimum Gasteiger partial charge on any atom is -0.383 e. The maximum absolute atomic E-state index is 12.5. The SMILES string of the molecule is CN(Cc1cccnc1)S(=O)(=O)c1cc(Br)cnc1N. The highest BCUT2D eigenvalue weighted by Gasteiger charge is 2.24. The van der Waals surface area contributed by atoms with Gasteiger partial charge in [0.1, 0.15) is 10.7 Å². The van der Waals surface area contributed by atoms with Crippen LogP contribution in [0.3, 0.4) is 0 Å². The Morgan fingerprint density at radius 3 is 2.80 bits per heavy atom. The normalized spacial score (nSPS) is 11.8. The molecule has 2 aromatic rings. The number of anilines is 1. The van der Waals surface area contributed by atoms with E-state index in [2.05, 4.69) is 25.9 Å². The number of hydrogen-bond donors (Lipinski definition) is 1. The van der Waals surface area contributed by atoms with Gasteiger partial charge in [0, 0.05) is 36.7 Å². The van der Waals surface area contributed by atoms with E-state index >= 15 is 0 Å². The van der Waals surface area contributed by atoms with E-state index in [0.29, 0.717) is 4.47 Å². The summed E-state index contributed by atoms with van der Waals surface area (Å²) in [4.78, 5) is 7.79. The van der Waals surface area contributed by atoms with Gasteiger partial charge in [0.05, 0.1) is 0 Å². The van der Waals surface area contributed by atoms with Crippen molar-refractivity contribution in [1.29, 1.82) is 0 Å². The first-order valence-corrected chi connectivity index (χ1v) is 7.91. The largest absolute Gasteiger partial charge is 0.383 e. The molecule has 0 aliphatic heterocycles. The summed E-state index contributed by atoms with van der Waals surface area (Å²) in [6, 6.07) is 5.00. The molecule has 6 nitrogen and oxygen atoms in total. The number of nitrogens with zero attached hydrogens (tertiary/aromatic N) is 3. The van der Waals surface area contributed by atoms with Gasteiger partial charge in [0.2, 0.25) is 10.0 Å². The number of nitrogen functional groups attached to an aromatic ring is 1. The Morgan fingerprint density at radius 1 is 1.40 bits per heavy atom. The minimum atomic E-state index is -3.70. The number of sulfonamides is 1. The Morgan fingerprint density at radius 2 is 2.15 bits per heavy atom. The van der Waals surface area contributed by atoms with Crippen LogP contribution in [0.15, 0.2) is 46.2 Å². The third kappa shape index (κ3) is 3.14. The van der Waals surface area contributed by atoms with Crippen molar-refractivity contribution < 1.29 is 8.42 Å². The second-order valence-corrected chi connectivity index (χ2v) is 7.09. The molecule has 106 valence electrons. The molecule has 20 heavy (non-hydrogen) atoms. The van der Waals surface area contributed by atoms with Crippen LogP contribution in [0.25, 0.3) is 0 Å². The van der Waals surface area contributed by atoms with E-state index in [0.717, 1.165) is 5.56 Å². The molecule has 0 bridgehead atoms. The highest BCUT2D eigenvalue weighted by atomic mass is 79.9. The molecule has 0 aliphatic carbocycles.